The van der Waals surface area contributed by atoms with E-state index >= 15 is 0 Å². The number of furan rings is 1. The van der Waals surface area contributed by atoms with Gasteiger partial charge in [-0.15, -0.1) is 0 Å². The highest BCUT2D eigenvalue weighted by Crippen LogP contribution is 2.01. The third kappa shape index (κ3) is 4.66. The normalized spacial score (nSPS) is 10.4. The number of aliphatic carboxylic acids is 1. The Hall–Kier alpha value is -2.04. The van der Waals surface area contributed by atoms with E-state index in [1.54, 1.807) is 12.1 Å². The maximum absolute atomic E-state index is 11.1. The summed E-state index contributed by atoms with van der Waals surface area (Å²) in [5.41, 5.74) is 0. The van der Waals surface area contributed by atoms with Crippen LogP contribution in [0.3, 0.4) is 0 Å². The van der Waals surface area contributed by atoms with Crippen LogP contribution >= 0.6 is 0 Å². The van der Waals surface area contributed by atoms with Crippen molar-refractivity contribution in [1.29, 1.82) is 0 Å². The van der Waals surface area contributed by atoms with Crippen molar-refractivity contribution in [3.63, 3.8) is 0 Å². The Kier molecular flexibility index (Phi) is 4.15. The first-order valence-corrected chi connectivity index (χ1v) is 4.39. The predicted molar refractivity (Wildman–Crippen MR) is 53.0 cm³/mol. The van der Waals surface area contributed by atoms with Gasteiger partial charge in [0.15, 0.2) is 0 Å². The van der Waals surface area contributed by atoms with Gasteiger partial charge in [-0.1, -0.05) is 0 Å². The average molecular weight is 209 g/mol. The minimum Gasteiger partial charge on any atom is -0.481 e. The van der Waals surface area contributed by atoms with Crippen LogP contribution in [-0.4, -0.2) is 23.5 Å². The molecule has 0 fully saturated rings. The van der Waals surface area contributed by atoms with E-state index in [1.165, 1.54) is 18.4 Å². The van der Waals surface area contributed by atoms with E-state index in [2.05, 4.69) is 5.32 Å². The van der Waals surface area contributed by atoms with Crippen molar-refractivity contribution in [1.82, 2.24) is 5.32 Å². The van der Waals surface area contributed by atoms with Gasteiger partial charge in [-0.05, 0) is 18.2 Å². The molecule has 0 spiro atoms. The quantitative estimate of drug-likeness (QED) is 0.705. The Morgan fingerprint density at radius 1 is 1.53 bits per heavy atom. The number of carbonyl (C=O) groups is 2. The molecule has 0 saturated carbocycles. The molecule has 1 amide bonds. The highest BCUT2D eigenvalue weighted by Gasteiger charge is 1.98. The summed E-state index contributed by atoms with van der Waals surface area (Å²) in [4.78, 5) is 21.2. The standard InChI is InChI=1S/C10H11NO4/c12-9(11-6-5-10(13)14)4-3-8-2-1-7-15-8/h1-4,7H,5-6H2,(H,11,12)(H,13,14)/b4-3+. The zero-order valence-corrected chi connectivity index (χ0v) is 7.97. The molecule has 1 aromatic heterocycles. The number of amides is 1. The lowest BCUT2D eigenvalue weighted by atomic mass is 10.3. The molecule has 15 heavy (non-hydrogen) atoms. The molecule has 0 aliphatic rings. The molecule has 1 aromatic rings. The van der Waals surface area contributed by atoms with Gasteiger partial charge in [0.2, 0.25) is 5.91 Å². The lowest BCUT2D eigenvalue weighted by molar-refractivity contribution is -0.136. The van der Waals surface area contributed by atoms with Gasteiger partial charge in [-0.25, -0.2) is 0 Å². The van der Waals surface area contributed by atoms with Crippen LogP contribution in [0.1, 0.15) is 12.2 Å². The summed E-state index contributed by atoms with van der Waals surface area (Å²) < 4.78 is 4.97. The Morgan fingerprint density at radius 2 is 2.33 bits per heavy atom. The molecule has 0 bridgehead atoms. The lowest BCUT2D eigenvalue weighted by Crippen LogP contribution is -2.23. The average Bonchev–Trinajstić information content (AvgIpc) is 2.66. The number of hydrogen-bond acceptors (Lipinski definition) is 3. The summed E-state index contributed by atoms with van der Waals surface area (Å²) in [6.07, 6.45) is 4.22. The Bertz CT molecular complexity index is 354. The van der Waals surface area contributed by atoms with Gasteiger partial charge in [-0.3, -0.25) is 9.59 Å². The first kappa shape index (κ1) is 11.0. The van der Waals surface area contributed by atoms with Crippen molar-refractivity contribution in [2.45, 2.75) is 6.42 Å². The maximum atomic E-state index is 11.1. The first-order valence-electron chi connectivity index (χ1n) is 4.39. The predicted octanol–water partition coefficient (Wildman–Crippen LogP) is 0.884. The van der Waals surface area contributed by atoms with Crippen molar-refractivity contribution >= 4 is 18.0 Å². The largest absolute Gasteiger partial charge is 0.481 e. The van der Waals surface area contributed by atoms with Gasteiger partial charge in [-0.2, -0.15) is 0 Å². The van der Waals surface area contributed by atoms with Gasteiger partial charge >= 0.3 is 5.97 Å². The Balaban J connectivity index is 2.27. The summed E-state index contributed by atoms with van der Waals surface area (Å²) in [5, 5.41) is 10.8. The molecule has 1 heterocycles. The summed E-state index contributed by atoms with van der Waals surface area (Å²) in [5.74, 6) is -0.707. The highest BCUT2D eigenvalue weighted by molar-refractivity contribution is 5.91. The lowest BCUT2D eigenvalue weighted by Gasteiger charge is -1.97. The monoisotopic (exact) mass is 209 g/mol. The second kappa shape index (κ2) is 5.64. The third-order valence-corrected chi connectivity index (χ3v) is 1.58. The first-order chi connectivity index (χ1) is 7.18. The third-order valence-electron chi connectivity index (χ3n) is 1.58. The summed E-state index contributed by atoms with van der Waals surface area (Å²) >= 11 is 0. The van der Waals surface area contributed by atoms with Crippen LogP contribution in [0.5, 0.6) is 0 Å². The van der Waals surface area contributed by atoms with E-state index in [0.717, 1.165) is 0 Å². The van der Waals surface area contributed by atoms with E-state index < -0.39 is 5.97 Å². The topological polar surface area (TPSA) is 79.5 Å². The number of hydrogen-bond donors (Lipinski definition) is 2. The fourth-order valence-electron chi connectivity index (χ4n) is 0.895. The van der Waals surface area contributed by atoms with Crippen molar-refractivity contribution in [3.05, 3.63) is 30.2 Å². The molecule has 0 unspecified atom stereocenters. The van der Waals surface area contributed by atoms with E-state index in [-0.39, 0.29) is 18.9 Å². The molecule has 2 N–H and O–H groups in total. The number of carboxylic acids is 1. The van der Waals surface area contributed by atoms with Crippen LogP contribution in [0.2, 0.25) is 0 Å². The van der Waals surface area contributed by atoms with Crippen LogP contribution < -0.4 is 5.32 Å². The SMILES string of the molecule is O=C(O)CCNC(=O)/C=C/c1ccco1. The number of rotatable bonds is 5. The van der Waals surface area contributed by atoms with Crippen molar-refractivity contribution in [2.24, 2.45) is 0 Å². The second-order valence-electron chi connectivity index (χ2n) is 2.78. The van der Waals surface area contributed by atoms with E-state index in [9.17, 15) is 9.59 Å². The van der Waals surface area contributed by atoms with Crippen molar-refractivity contribution in [2.75, 3.05) is 6.54 Å². The Labute approximate surface area is 86.4 Å². The number of nitrogens with one attached hydrogen (secondary N) is 1. The van der Waals surface area contributed by atoms with Crippen LogP contribution in [0.25, 0.3) is 6.08 Å². The zero-order chi connectivity index (χ0) is 11.1. The fourth-order valence-corrected chi connectivity index (χ4v) is 0.895. The molecule has 1 rings (SSSR count). The van der Waals surface area contributed by atoms with Crippen LogP contribution in [0.4, 0.5) is 0 Å². The van der Waals surface area contributed by atoms with Crippen LogP contribution in [0, 0.1) is 0 Å². The summed E-state index contributed by atoms with van der Waals surface area (Å²) in [6, 6.07) is 3.42. The van der Waals surface area contributed by atoms with Gasteiger partial charge in [0.05, 0.1) is 12.7 Å². The van der Waals surface area contributed by atoms with Gasteiger partial charge < -0.3 is 14.8 Å². The molecular weight excluding hydrogens is 198 g/mol. The minimum atomic E-state index is -0.940. The molecule has 5 heteroatoms. The van der Waals surface area contributed by atoms with Gasteiger partial charge in [0.25, 0.3) is 0 Å². The number of carbonyl (C=O) groups excluding carboxylic acids is 1. The Morgan fingerprint density at radius 3 is 2.93 bits per heavy atom. The highest BCUT2D eigenvalue weighted by atomic mass is 16.4. The molecule has 80 valence electrons. The van der Waals surface area contributed by atoms with Crippen LogP contribution in [-0.2, 0) is 9.59 Å². The van der Waals surface area contributed by atoms with E-state index in [4.69, 9.17) is 9.52 Å². The van der Waals surface area contributed by atoms with Crippen LogP contribution in [0.15, 0.2) is 28.9 Å². The molecule has 5 nitrogen and oxygen atoms in total. The van der Waals surface area contributed by atoms with Crippen molar-refractivity contribution in [3.8, 4) is 0 Å². The molecule has 0 saturated heterocycles. The number of carboxylic acid groups (broad SMARTS) is 1. The van der Waals surface area contributed by atoms with E-state index in [1.807, 2.05) is 0 Å². The minimum absolute atomic E-state index is 0.0830. The van der Waals surface area contributed by atoms with Crippen molar-refractivity contribution < 1.29 is 19.1 Å². The molecule has 0 aliphatic heterocycles. The molecule has 0 atom stereocenters. The van der Waals surface area contributed by atoms with Gasteiger partial charge in [0.1, 0.15) is 5.76 Å². The zero-order valence-electron chi connectivity index (χ0n) is 7.97. The molecule has 0 aromatic carbocycles. The smallest absolute Gasteiger partial charge is 0.305 e. The van der Waals surface area contributed by atoms with Gasteiger partial charge in [0, 0.05) is 12.6 Å². The second-order valence-corrected chi connectivity index (χ2v) is 2.78. The molecular formula is C10H11NO4. The summed E-state index contributed by atoms with van der Waals surface area (Å²) in [7, 11) is 0. The van der Waals surface area contributed by atoms with E-state index in [0.29, 0.717) is 5.76 Å². The molecule has 0 radical (unpaired) electrons. The fraction of sp³-hybridized carbons (Fsp3) is 0.200. The summed E-state index contributed by atoms with van der Waals surface area (Å²) in [6.45, 7) is 0.122. The molecule has 0 aliphatic carbocycles. The maximum Gasteiger partial charge on any atom is 0.305 e.